The Morgan fingerprint density at radius 2 is 1.80 bits per heavy atom. The maximum absolute atomic E-state index is 12.2. The molecule has 25 heavy (non-hydrogen) atoms. The number of sulfonamides is 1. The summed E-state index contributed by atoms with van der Waals surface area (Å²) in [7, 11) is -3.75. The van der Waals surface area contributed by atoms with Crippen molar-refractivity contribution in [1.82, 2.24) is 15.0 Å². The molecule has 0 aliphatic heterocycles. The molecule has 8 heteroatoms. The van der Waals surface area contributed by atoms with Crippen LogP contribution in [0.5, 0.6) is 0 Å². The highest BCUT2D eigenvalue weighted by molar-refractivity contribution is 7.89. The minimum absolute atomic E-state index is 0.0833. The van der Waals surface area contributed by atoms with Crippen molar-refractivity contribution in [2.24, 2.45) is 5.10 Å². The number of nitrogens with one attached hydrogen (secondary N) is 2. The fourth-order valence-corrected chi connectivity index (χ4v) is 3.09. The first-order chi connectivity index (χ1) is 12.0. The molecular weight excluding hydrogens is 360 g/mol. The van der Waals surface area contributed by atoms with E-state index in [1.165, 1.54) is 30.5 Å². The first kappa shape index (κ1) is 17.2. The van der Waals surface area contributed by atoms with E-state index in [1.807, 2.05) is 31.2 Å². The molecular formula is C17H15ClN4O2S. The molecule has 2 N–H and O–H groups in total. The van der Waals surface area contributed by atoms with Crippen LogP contribution in [0.4, 0.5) is 0 Å². The van der Waals surface area contributed by atoms with Crippen LogP contribution in [0.15, 0.2) is 64.7 Å². The lowest BCUT2D eigenvalue weighted by Crippen LogP contribution is -2.18. The second kappa shape index (κ2) is 7.08. The third-order valence-corrected chi connectivity index (χ3v) is 5.00. The van der Waals surface area contributed by atoms with Gasteiger partial charge in [0.25, 0.3) is 10.0 Å². The highest BCUT2D eigenvalue weighted by atomic mass is 35.5. The third-order valence-electron chi connectivity index (χ3n) is 3.51. The van der Waals surface area contributed by atoms with Gasteiger partial charge in [-0.15, -0.1) is 0 Å². The van der Waals surface area contributed by atoms with Crippen LogP contribution in [0, 0.1) is 6.92 Å². The van der Waals surface area contributed by atoms with E-state index >= 15 is 0 Å². The molecule has 0 saturated carbocycles. The average molecular weight is 375 g/mol. The van der Waals surface area contributed by atoms with E-state index in [2.05, 4.69) is 20.1 Å². The van der Waals surface area contributed by atoms with E-state index in [1.54, 1.807) is 6.20 Å². The molecule has 0 amide bonds. The Morgan fingerprint density at radius 1 is 1.12 bits per heavy atom. The highest BCUT2D eigenvalue weighted by Gasteiger charge is 2.12. The van der Waals surface area contributed by atoms with E-state index < -0.39 is 10.0 Å². The van der Waals surface area contributed by atoms with Gasteiger partial charge < -0.3 is 0 Å². The van der Waals surface area contributed by atoms with E-state index in [9.17, 15) is 8.42 Å². The van der Waals surface area contributed by atoms with Gasteiger partial charge in [0.15, 0.2) is 0 Å². The maximum atomic E-state index is 12.2. The predicted molar refractivity (Wildman–Crippen MR) is 98.1 cm³/mol. The third kappa shape index (κ3) is 4.07. The number of aromatic amines is 1. The van der Waals surface area contributed by atoms with Crippen molar-refractivity contribution in [3.63, 3.8) is 0 Å². The number of aromatic nitrogens is 2. The number of hydrogen-bond acceptors (Lipinski definition) is 4. The first-order valence-corrected chi connectivity index (χ1v) is 9.23. The van der Waals surface area contributed by atoms with Gasteiger partial charge >= 0.3 is 0 Å². The minimum atomic E-state index is -3.75. The lowest BCUT2D eigenvalue weighted by Gasteiger charge is -2.03. The number of hydrogen-bond donors (Lipinski definition) is 2. The Bertz CT molecular complexity index is 994. The molecule has 0 spiro atoms. The molecule has 3 aromatic rings. The lowest BCUT2D eigenvalue weighted by molar-refractivity contribution is 0.584. The van der Waals surface area contributed by atoms with Crippen LogP contribution in [0.2, 0.25) is 5.02 Å². The summed E-state index contributed by atoms with van der Waals surface area (Å²) in [5, 5.41) is 11.2. The normalized spacial score (nSPS) is 11.8. The van der Waals surface area contributed by atoms with Gasteiger partial charge in [0.05, 0.1) is 23.0 Å². The van der Waals surface area contributed by atoms with Gasteiger partial charge in [0, 0.05) is 16.1 Å². The monoisotopic (exact) mass is 374 g/mol. The summed E-state index contributed by atoms with van der Waals surface area (Å²) in [6.07, 6.45) is 2.99. The molecule has 2 aromatic carbocycles. The second-order valence-electron chi connectivity index (χ2n) is 5.37. The molecule has 3 rings (SSSR count). The van der Waals surface area contributed by atoms with Crippen LogP contribution < -0.4 is 4.83 Å². The summed E-state index contributed by atoms with van der Waals surface area (Å²) in [6, 6.07) is 13.7. The van der Waals surface area contributed by atoms with Crippen molar-refractivity contribution >= 4 is 27.8 Å². The molecule has 1 heterocycles. The van der Waals surface area contributed by atoms with Crippen molar-refractivity contribution in [2.45, 2.75) is 11.8 Å². The fraction of sp³-hybridized carbons (Fsp3) is 0.0588. The van der Waals surface area contributed by atoms with Gasteiger partial charge in [-0.05, 0) is 31.2 Å². The number of rotatable bonds is 5. The standard InChI is InChI=1S/C17H15ClN4O2S/c1-12-2-4-13(5-3-12)17-14(10-19-21-17)11-20-22-25(23,24)16-8-6-15(18)7-9-16/h2-11,22H,1H3,(H,19,21)/b20-11+. The van der Waals surface area contributed by atoms with Crippen LogP contribution in [-0.2, 0) is 10.0 Å². The molecule has 0 aliphatic rings. The Labute approximate surface area is 150 Å². The van der Waals surface area contributed by atoms with E-state index in [4.69, 9.17) is 11.6 Å². The summed E-state index contributed by atoms with van der Waals surface area (Å²) in [5.74, 6) is 0. The van der Waals surface area contributed by atoms with Crippen LogP contribution in [-0.4, -0.2) is 24.8 Å². The van der Waals surface area contributed by atoms with Gasteiger partial charge in [-0.2, -0.15) is 18.6 Å². The summed E-state index contributed by atoms with van der Waals surface area (Å²) in [5.41, 5.74) is 3.51. The van der Waals surface area contributed by atoms with Crippen LogP contribution in [0.1, 0.15) is 11.1 Å². The molecule has 0 bridgehead atoms. The van der Waals surface area contributed by atoms with Crippen molar-refractivity contribution in [3.8, 4) is 11.3 Å². The van der Waals surface area contributed by atoms with E-state index in [-0.39, 0.29) is 4.90 Å². The molecule has 0 atom stereocenters. The zero-order valence-corrected chi connectivity index (χ0v) is 14.8. The number of H-pyrrole nitrogens is 1. The SMILES string of the molecule is Cc1ccc(-c2[nH]ncc2/C=N/NS(=O)(=O)c2ccc(Cl)cc2)cc1. The van der Waals surface area contributed by atoms with Gasteiger partial charge in [-0.1, -0.05) is 41.4 Å². The second-order valence-corrected chi connectivity index (χ2v) is 7.47. The van der Waals surface area contributed by atoms with Gasteiger partial charge in [0.2, 0.25) is 0 Å². The van der Waals surface area contributed by atoms with Crippen LogP contribution in [0.3, 0.4) is 0 Å². The molecule has 1 aromatic heterocycles. The molecule has 0 aliphatic carbocycles. The van der Waals surface area contributed by atoms with Gasteiger partial charge in [-0.25, -0.2) is 4.83 Å². The number of benzene rings is 2. The summed E-state index contributed by atoms with van der Waals surface area (Å²) < 4.78 is 24.3. The molecule has 0 fully saturated rings. The summed E-state index contributed by atoms with van der Waals surface area (Å²) >= 11 is 5.76. The molecule has 0 unspecified atom stereocenters. The van der Waals surface area contributed by atoms with E-state index in [0.717, 1.165) is 16.8 Å². The zero-order valence-electron chi connectivity index (χ0n) is 13.3. The number of halogens is 1. The lowest BCUT2D eigenvalue weighted by atomic mass is 10.1. The quantitative estimate of drug-likeness (QED) is 0.530. The fourth-order valence-electron chi connectivity index (χ4n) is 2.18. The largest absolute Gasteiger partial charge is 0.277 e. The Kier molecular flexibility index (Phi) is 4.87. The first-order valence-electron chi connectivity index (χ1n) is 7.36. The number of hydrazone groups is 1. The summed E-state index contributed by atoms with van der Waals surface area (Å²) in [4.78, 5) is 2.26. The zero-order chi connectivity index (χ0) is 17.9. The molecule has 0 saturated heterocycles. The predicted octanol–water partition coefficient (Wildman–Crippen LogP) is 3.35. The average Bonchev–Trinajstić information content (AvgIpc) is 3.04. The van der Waals surface area contributed by atoms with E-state index in [0.29, 0.717) is 10.6 Å². The summed E-state index contributed by atoms with van der Waals surface area (Å²) in [6.45, 7) is 2.00. The minimum Gasteiger partial charge on any atom is -0.277 e. The van der Waals surface area contributed by atoms with Gasteiger partial charge in [0.1, 0.15) is 0 Å². The van der Waals surface area contributed by atoms with Crippen molar-refractivity contribution in [3.05, 3.63) is 70.9 Å². The van der Waals surface area contributed by atoms with Crippen molar-refractivity contribution in [1.29, 1.82) is 0 Å². The number of nitrogens with zero attached hydrogens (tertiary/aromatic N) is 2. The maximum Gasteiger partial charge on any atom is 0.276 e. The highest BCUT2D eigenvalue weighted by Crippen LogP contribution is 2.20. The molecule has 6 nitrogen and oxygen atoms in total. The van der Waals surface area contributed by atoms with Crippen molar-refractivity contribution in [2.75, 3.05) is 0 Å². The Morgan fingerprint density at radius 3 is 2.48 bits per heavy atom. The Balaban J connectivity index is 1.78. The molecule has 0 radical (unpaired) electrons. The van der Waals surface area contributed by atoms with Crippen LogP contribution in [0.25, 0.3) is 11.3 Å². The topological polar surface area (TPSA) is 87.2 Å². The van der Waals surface area contributed by atoms with Crippen molar-refractivity contribution < 1.29 is 8.42 Å². The van der Waals surface area contributed by atoms with Gasteiger partial charge in [-0.3, -0.25) is 5.10 Å². The molecule has 128 valence electrons. The Hall–Kier alpha value is -2.64. The van der Waals surface area contributed by atoms with Crippen LogP contribution >= 0.6 is 11.6 Å². The smallest absolute Gasteiger partial charge is 0.276 e. The number of aryl methyl sites for hydroxylation is 1.